The quantitative estimate of drug-likeness (QED) is 0.606. The van der Waals surface area contributed by atoms with E-state index in [9.17, 15) is 9.59 Å². The van der Waals surface area contributed by atoms with Crippen LogP contribution in [0.2, 0.25) is 5.02 Å². The second-order valence-electron chi connectivity index (χ2n) is 7.32. The molecule has 31 heavy (non-hydrogen) atoms. The topological polar surface area (TPSA) is 67.9 Å². The molecular weight excluding hydrogens is 416 g/mol. The highest BCUT2D eigenvalue weighted by Gasteiger charge is 2.20. The number of ether oxygens (including phenoxy) is 2. The van der Waals surface area contributed by atoms with Gasteiger partial charge < -0.3 is 19.7 Å². The summed E-state index contributed by atoms with van der Waals surface area (Å²) in [5.74, 6) is 0.786. The minimum atomic E-state index is -0.263. The van der Waals surface area contributed by atoms with Gasteiger partial charge in [-0.1, -0.05) is 18.5 Å². The molecule has 2 aromatic rings. The molecule has 0 aromatic heterocycles. The second kappa shape index (κ2) is 10.4. The predicted octanol–water partition coefficient (Wildman–Crippen LogP) is 5.09. The average Bonchev–Trinajstić information content (AvgIpc) is 2.75. The number of benzene rings is 2. The van der Waals surface area contributed by atoms with Crippen molar-refractivity contribution in [1.29, 1.82) is 0 Å². The number of carbonyl (C=O) groups is 2. The average molecular weight is 443 g/mol. The van der Waals surface area contributed by atoms with Gasteiger partial charge in [0.1, 0.15) is 0 Å². The lowest BCUT2D eigenvalue weighted by molar-refractivity contribution is -0.116. The van der Waals surface area contributed by atoms with Crippen molar-refractivity contribution in [3.05, 3.63) is 52.6 Å². The number of anilines is 2. The third-order valence-corrected chi connectivity index (χ3v) is 5.26. The molecule has 6 nitrogen and oxygen atoms in total. The maximum atomic E-state index is 12.4. The molecule has 1 N–H and O–H groups in total. The first-order chi connectivity index (χ1) is 14.9. The fraction of sp³-hybridized carbons (Fsp3) is 0.333. The van der Waals surface area contributed by atoms with Crippen LogP contribution in [-0.4, -0.2) is 32.1 Å². The summed E-state index contributed by atoms with van der Waals surface area (Å²) in [6.45, 7) is 4.85. The molecule has 0 unspecified atom stereocenters. The summed E-state index contributed by atoms with van der Waals surface area (Å²) in [5, 5.41) is 3.30. The van der Waals surface area contributed by atoms with Gasteiger partial charge >= 0.3 is 0 Å². The first-order valence-electron chi connectivity index (χ1n) is 10.3. The number of aryl methyl sites for hydroxylation is 1. The van der Waals surface area contributed by atoms with Crippen LogP contribution in [0, 0.1) is 0 Å². The van der Waals surface area contributed by atoms with E-state index in [1.807, 2.05) is 25.1 Å². The SMILES string of the molecule is CCCOc1c(Cl)cc(/C=C/C(=O)Nc2ccc3c(c2)CCCN3C(C)=O)cc1OC. The number of halogens is 1. The van der Waals surface area contributed by atoms with Gasteiger partial charge in [-0.25, -0.2) is 0 Å². The smallest absolute Gasteiger partial charge is 0.248 e. The first-order valence-corrected chi connectivity index (χ1v) is 10.7. The number of rotatable bonds is 7. The van der Waals surface area contributed by atoms with Crippen molar-refractivity contribution in [2.24, 2.45) is 0 Å². The molecule has 0 fully saturated rings. The van der Waals surface area contributed by atoms with Gasteiger partial charge in [-0.2, -0.15) is 0 Å². The molecule has 2 aromatic carbocycles. The molecule has 0 atom stereocenters. The highest BCUT2D eigenvalue weighted by molar-refractivity contribution is 6.32. The maximum Gasteiger partial charge on any atom is 0.248 e. The Morgan fingerprint density at radius 2 is 2.06 bits per heavy atom. The zero-order valence-electron chi connectivity index (χ0n) is 18.0. The highest BCUT2D eigenvalue weighted by Crippen LogP contribution is 2.37. The minimum Gasteiger partial charge on any atom is -0.493 e. The molecule has 0 saturated carbocycles. The van der Waals surface area contributed by atoms with Crippen LogP contribution in [0.5, 0.6) is 11.5 Å². The number of carbonyl (C=O) groups excluding carboxylic acids is 2. The molecule has 2 amide bonds. The number of hydrogen-bond donors (Lipinski definition) is 1. The Hall–Kier alpha value is -2.99. The number of hydrogen-bond acceptors (Lipinski definition) is 4. The summed E-state index contributed by atoms with van der Waals surface area (Å²) < 4.78 is 11.0. The van der Waals surface area contributed by atoms with E-state index < -0.39 is 0 Å². The van der Waals surface area contributed by atoms with Crippen LogP contribution in [0.4, 0.5) is 11.4 Å². The van der Waals surface area contributed by atoms with Crippen molar-refractivity contribution < 1.29 is 19.1 Å². The largest absolute Gasteiger partial charge is 0.493 e. The van der Waals surface area contributed by atoms with Crippen molar-refractivity contribution in [3.63, 3.8) is 0 Å². The van der Waals surface area contributed by atoms with E-state index >= 15 is 0 Å². The molecular formula is C24H27ClN2O4. The maximum absolute atomic E-state index is 12.4. The Labute approximate surface area is 187 Å². The van der Waals surface area contributed by atoms with E-state index in [1.54, 1.807) is 37.1 Å². The van der Waals surface area contributed by atoms with Crippen molar-refractivity contribution in [1.82, 2.24) is 0 Å². The van der Waals surface area contributed by atoms with Crippen molar-refractivity contribution in [2.75, 3.05) is 30.5 Å². The second-order valence-corrected chi connectivity index (χ2v) is 7.73. The Morgan fingerprint density at radius 1 is 1.26 bits per heavy atom. The lowest BCUT2D eigenvalue weighted by Gasteiger charge is -2.28. The van der Waals surface area contributed by atoms with Crippen molar-refractivity contribution in [2.45, 2.75) is 33.1 Å². The first kappa shape index (κ1) is 22.7. The molecule has 0 bridgehead atoms. The number of nitrogens with one attached hydrogen (secondary N) is 1. The van der Waals surface area contributed by atoms with Gasteiger partial charge in [0.15, 0.2) is 11.5 Å². The Bertz CT molecular complexity index is 1000. The number of nitrogens with zero attached hydrogens (tertiary/aromatic N) is 1. The van der Waals surface area contributed by atoms with Gasteiger partial charge in [0.25, 0.3) is 0 Å². The van der Waals surface area contributed by atoms with Gasteiger partial charge in [-0.3, -0.25) is 9.59 Å². The lowest BCUT2D eigenvalue weighted by Crippen LogP contribution is -2.33. The molecule has 0 radical (unpaired) electrons. The summed E-state index contributed by atoms with van der Waals surface area (Å²) in [6, 6.07) is 9.13. The zero-order valence-corrected chi connectivity index (χ0v) is 18.8. The highest BCUT2D eigenvalue weighted by atomic mass is 35.5. The number of methoxy groups -OCH3 is 1. The Balaban J connectivity index is 1.71. The van der Waals surface area contributed by atoms with Crippen LogP contribution < -0.4 is 19.7 Å². The standard InChI is InChI=1S/C24H27ClN2O4/c1-4-12-31-24-20(25)13-17(14-22(24)30-3)7-10-23(29)26-19-8-9-21-18(15-19)6-5-11-27(21)16(2)28/h7-10,13-15H,4-6,11-12H2,1-3H3,(H,26,29)/b10-7+. The Morgan fingerprint density at radius 3 is 2.77 bits per heavy atom. The monoisotopic (exact) mass is 442 g/mol. The van der Waals surface area contributed by atoms with Gasteiger partial charge in [0.2, 0.25) is 11.8 Å². The fourth-order valence-electron chi connectivity index (χ4n) is 3.54. The van der Waals surface area contributed by atoms with Crippen LogP contribution in [0.1, 0.15) is 37.8 Å². The summed E-state index contributed by atoms with van der Waals surface area (Å²) in [5.41, 5.74) is 3.39. The number of fused-ring (bicyclic) bond motifs is 1. The molecule has 0 saturated heterocycles. The van der Waals surface area contributed by atoms with E-state index in [4.69, 9.17) is 21.1 Å². The third-order valence-electron chi connectivity index (χ3n) is 4.98. The van der Waals surface area contributed by atoms with Crippen molar-refractivity contribution in [3.8, 4) is 11.5 Å². The van der Waals surface area contributed by atoms with Crippen molar-refractivity contribution >= 4 is 40.9 Å². The molecule has 0 aliphatic carbocycles. The van der Waals surface area contributed by atoms with Gasteiger partial charge in [-0.15, -0.1) is 0 Å². The summed E-state index contributed by atoms with van der Waals surface area (Å²) >= 11 is 6.33. The van der Waals surface area contributed by atoms with Crippen LogP contribution in [-0.2, 0) is 16.0 Å². The lowest BCUT2D eigenvalue weighted by atomic mass is 10.0. The molecule has 1 aliphatic rings. The zero-order chi connectivity index (χ0) is 22.4. The molecule has 3 rings (SSSR count). The molecule has 0 spiro atoms. The van der Waals surface area contributed by atoms with Gasteiger partial charge in [0.05, 0.1) is 18.7 Å². The van der Waals surface area contributed by atoms with Crippen LogP contribution in [0.15, 0.2) is 36.4 Å². The van der Waals surface area contributed by atoms with E-state index in [0.29, 0.717) is 28.8 Å². The van der Waals surface area contributed by atoms with Crippen LogP contribution in [0.25, 0.3) is 6.08 Å². The normalized spacial score (nSPS) is 13.1. The van der Waals surface area contributed by atoms with E-state index in [1.165, 1.54) is 6.08 Å². The molecule has 7 heteroatoms. The van der Waals surface area contributed by atoms with E-state index in [-0.39, 0.29) is 11.8 Å². The molecule has 1 aliphatic heterocycles. The van der Waals surface area contributed by atoms with Crippen LogP contribution in [0.3, 0.4) is 0 Å². The summed E-state index contributed by atoms with van der Waals surface area (Å²) in [4.78, 5) is 26.0. The van der Waals surface area contributed by atoms with E-state index in [2.05, 4.69) is 5.32 Å². The Kier molecular flexibility index (Phi) is 7.58. The van der Waals surface area contributed by atoms with Crippen LogP contribution >= 0.6 is 11.6 Å². The fourth-order valence-corrected chi connectivity index (χ4v) is 3.81. The van der Waals surface area contributed by atoms with Gasteiger partial charge in [-0.05, 0) is 66.8 Å². The molecule has 1 heterocycles. The summed E-state index contributed by atoms with van der Waals surface area (Å²) in [7, 11) is 1.55. The third kappa shape index (κ3) is 5.58. The predicted molar refractivity (Wildman–Crippen MR) is 124 cm³/mol. The summed E-state index contributed by atoms with van der Waals surface area (Å²) in [6.07, 6.45) is 5.76. The minimum absolute atomic E-state index is 0.0286. The molecule has 164 valence electrons. The van der Waals surface area contributed by atoms with E-state index in [0.717, 1.165) is 42.6 Å². The van der Waals surface area contributed by atoms with Gasteiger partial charge in [0, 0.05) is 30.9 Å². The number of amides is 2.